The van der Waals surface area contributed by atoms with E-state index >= 15 is 0 Å². The number of fused-ring (bicyclic) bond motifs is 1. The van der Waals surface area contributed by atoms with Crippen LogP contribution in [-0.4, -0.2) is 12.1 Å². The summed E-state index contributed by atoms with van der Waals surface area (Å²) in [6, 6.07) is 10.0. The van der Waals surface area contributed by atoms with Crippen LogP contribution < -0.4 is 4.74 Å². The molecule has 76 valence electrons. The molecule has 2 aromatic rings. The Morgan fingerprint density at radius 1 is 1.33 bits per heavy atom. The van der Waals surface area contributed by atoms with Gasteiger partial charge in [0.15, 0.2) is 0 Å². The van der Waals surface area contributed by atoms with Crippen LogP contribution in [0.5, 0.6) is 5.88 Å². The van der Waals surface area contributed by atoms with E-state index < -0.39 is 0 Å². The number of hydrogen-bond acceptors (Lipinski definition) is 2. The summed E-state index contributed by atoms with van der Waals surface area (Å²) in [6.45, 7) is 3.75. The number of pyridine rings is 1. The van der Waals surface area contributed by atoms with Crippen molar-refractivity contribution in [2.24, 2.45) is 0 Å². The Hall–Kier alpha value is -1.83. The Balaban J connectivity index is 2.64. The molecule has 0 radical (unpaired) electrons. The molecule has 0 atom stereocenters. The standard InChI is InChI=1S/C13H13NO/c1-3-5-10-6-4-7-11-8-9-12(15-2)14-13(10)11/h3-4,6-9H,1,5H2,2H3. The summed E-state index contributed by atoms with van der Waals surface area (Å²) < 4.78 is 5.12. The molecule has 0 aliphatic heterocycles. The maximum absolute atomic E-state index is 5.12. The maximum atomic E-state index is 5.12. The van der Waals surface area contributed by atoms with Gasteiger partial charge >= 0.3 is 0 Å². The van der Waals surface area contributed by atoms with E-state index in [-0.39, 0.29) is 0 Å². The molecule has 2 heteroatoms. The van der Waals surface area contributed by atoms with Gasteiger partial charge in [-0.05, 0) is 18.1 Å². The number of para-hydroxylation sites is 1. The number of benzene rings is 1. The summed E-state index contributed by atoms with van der Waals surface area (Å²) in [7, 11) is 1.63. The van der Waals surface area contributed by atoms with Crippen molar-refractivity contribution in [1.82, 2.24) is 4.98 Å². The summed E-state index contributed by atoms with van der Waals surface area (Å²) in [5.74, 6) is 0.652. The number of allylic oxidation sites excluding steroid dienone is 1. The second kappa shape index (κ2) is 4.13. The summed E-state index contributed by atoms with van der Waals surface area (Å²) in [5, 5.41) is 1.13. The van der Waals surface area contributed by atoms with E-state index in [2.05, 4.69) is 17.6 Å². The second-order valence-electron chi connectivity index (χ2n) is 3.34. The molecular formula is C13H13NO. The van der Waals surface area contributed by atoms with Crippen molar-refractivity contribution in [3.8, 4) is 5.88 Å². The zero-order valence-electron chi connectivity index (χ0n) is 8.73. The second-order valence-corrected chi connectivity index (χ2v) is 3.34. The van der Waals surface area contributed by atoms with Crippen LogP contribution in [0, 0.1) is 0 Å². The topological polar surface area (TPSA) is 22.1 Å². The number of aromatic nitrogens is 1. The molecule has 0 unspecified atom stereocenters. The van der Waals surface area contributed by atoms with Gasteiger partial charge in [0.05, 0.1) is 12.6 Å². The molecule has 0 aliphatic rings. The van der Waals surface area contributed by atoms with Crippen LogP contribution in [0.1, 0.15) is 5.56 Å². The highest BCUT2D eigenvalue weighted by molar-refractivity contribution is 5.82. The zero-order valence-corrected chi connectivity index (χ0v) is 8.73. The molecule has 0 spiro atoms. The Kier molecular flexibility index (Phi) is 2.68. The fraction of sp³-hybridized carbons (Fsp3) is 0.154. The van der Waals surface area contributed by atoms with Crippen LogP contribution in [0.4, 0.5) is 0 Å². The molecule has 0 aliphatic carbocycles. The lowest BCUT2D eigenvalue weighted by Crippen LogP contribution is -1.91. The van der Waals surface area contributed by atoms with Crippen molar-refractivity contribution in [1.29, 1.82) is 0 Å². The van der Waals surface area contributed by atoms with Crippen LogP contribution in [0.15, 0.2) is 43.0 Å². The normalized spacial score (nSPS) is 10.2. The molecule has 0 saturated carbocycles. The molecule has 2 nitrogen and oxygen atoms in total. The van der Waals surface area contributed by atoms with Gasteiger partial charge in [-0.15, -0.1) is 6.58 Å². The van der Waals surface area contributed by atoms with Crippen LogP contribution in [-0.2, 0) is 6.42 Å². The number of methoxy groups -OCH3 is 1. The molecular weight excluding hydrogens is 186 g/mol. The first-order valence-electron chi connectivity index (χ1n) is 4.88. The van der Waals surface area contributed by atoms with E-state index in [1.165, 1.54) is 5.56 Å². The molecule has 2 rings (SSSR count). The van der Waals surface area contributed by atoms with Crippen LogP contribution in [0.25, 0.3) is 10.9 Å². The van der Waals surface area contributed by atoms with E-state index in [0.717, 1.165) is 17.3 Å². The van der Waals surface area contributed by atoms with Crippen molar-refractivity contribution in [3.63, 3.8) is 0 Å². The third-order valence-corrected chi connectivity index (χ3v) is 2.35. The Morgan fingerprint density at radius 2 is 2.20 bits per heavy atom. The molecule has 0 bridgehead atoms. The highest BCUT2D eigenvalue weighted by atomic mass is 16.5. The smallest absolute Gasteiger partial charge is 0.213 e. The van der Waals surface area contributed by atoms with Gasteiger partial charge in [0, 0.05) is 11.5 Å². The van der Waals surface area contributed by atoms with Gasteiger partial charge in [0.25, 0.3) is 0 Å². The third-order valence-electron chi connectivity index (χ3n) is 2.35. The Morgan fingerprint density at radius 3 is 2.93 bits per heavy atom. The summed E-state index contributed by atoms with van der Waals surface area (Å²) in [5.41, 5.74) is 2.18. The van der Waals surface area contributed by atoms with Crippen molar-refractivity contribution >= 4 is 10.9 Å². The number of ether oxygens (including phenoxy) is 1. The quantitative estimate of drug-likeness (QED) is 0.709. The van der Waals surface area contributed by atoms with Gasteiger partial charge in [-0.3, -0.25) is 0 Å². The van der Waals surface area contributed by atoms with Gasteiger partial charge in [-0.2, -0.15) is 0 Å². The lowest BCUT2D eigenvalue weighted by atomic mass is 10.1. The third kappa shape index (κ3) is 1.84. The fourth-order valence-electron chi connectivity index (χ4n) is 1.62. The predicted octanol–water partition coefficient (Wildman–Crippen LogP) is 2.97. The van der Waals surface area contributed by atoms with Gasteiger partial charge in [0.2, 0.25) is 5.88 Å². The highest BCUT2D eigenvalue weighted by Crippen LogP contribution is 2.20. The lowest BCUT2D eigenvalue weighted by Gasteiger charge is -2.05. The SMILES string of the molecule is C=CCc1cccc2ccc(OC)nc12. The maximum Gasteiger partial charge on any atom is 0.213 e. The molecule has 0 amide bonds. The average molecular weight is 199 g/mol. The molecule has 15 heavy (non-hydrogen) atoms. The molecule has 0 fully saturated rings. The number of nitrogens with zero attached hydrogens (tertiary/aromatic N) is 1. The van der Waals surface area contributed by atoms with E-state index in [9.17, 15) is 0 Å². The van der Waals surface area contributed by atoms with Crippen LogP contribution in [0.3, 0.4) is 0 Å². The van der Waals surface area contributed by atoms with Gasteiger partial charge in [-0.1, -0.05) is 24.3 Å². The molecule has 1 heterocycles. The average Bonchev–Trinajstić information content (AvgIpc) is 2.29. The van der Waals surface area contributed by atoms with E-state index in [4.69, 9.17) is 4.74 Å². The minimum Gasteiger partial charge on any atom is -0.481 e. The van der Waals surface area contributed by atoms with E-state index in [1.54, 1.807) is 7.11 Å². The largest absolute Gasteiger partial charge is 0.481 e. The van der Waals surface area contributed by atoms with Gasteiger partial charge in [0.1, 0.15) is 0 Å². The molecule has 0 saturated heterocycles. The zero-order chi connectivity index (χ0) is 10.7. The Bertz CT molecular complexity index is 491. The van der Waals surface area contributed by atoms with E-state index in [0.29, 0.717) is 5.88 Å². The predicted molar refractivity (Wildman–Crippen MR) is 62.2 cm³/mol. The van der Waals surface area contributed by atoms with Crippen LogP contribution >= 0.6 is 0 Å². The summed E-state index contributed by atoms with van der Waals surface area (Å²) in [6.07, 6.45) is 2.72. The number of hydrogen-bond donors (Lipinski definition) is 0. The minimum atomic E-state index is 0.652. The molecule has 1 aromatic carbocycles. The molecule has 1 aromatic heterocycles. The van der Waals surface area contributed by atoms with Gasteiger partial charge in [-0.25, -0.2) is 4.98 Å². The first-order valence-corrected chi connectivity index (χ1v) is 4.88. The van der Waals surface area contributed by atoms with E-state index in [1.807, 2.05) is 30.3 Å². The summed E-state index contributed by atoms with van der Waals surface area (Å²) >= 11 is 0. The lowest BCUT2D eigenvalue weighted by molar-refractivity contribution is 0.399. The highest BCUT2D eigenvalue weighted by Gasteiger charge is 2.02. The van der Waals surface area contributed by atoms with Gasteiger partial charge < -0.3 is 4.74 Å². The number of rotatable bonds is 3. The fourth-order valence-corrected chi connectivity index (χ4v) is 1.62. The van der Waals surface area contributed by atoms with Crippen molar-refractivity contribution in [2.45, 2.75) is 6.42 Å². The minimum absolute atomic E-state index is 0.652. The summed E-state index contributed by atoms with van der Waals surface area (Å²) in [4.78, 5) is 4.44. The first-order chi connectivity index (χ1) is 7.35. The molecule has 0 N–H and O–H groups in total. The Labute approximate surface area is 89.2 Å². The van der Waals surface area contributed by atoms with Crippen molar-refractivity contribution < 1.29 is 4.74 Å². The first kappa shape index (κ1) is 9.71. The monoisotopic (exact) mass is 199 g/mol. The van der Waals surface area contributed by atoms with Crippen molar-refractivity contribution in [3.05, 3.63) is 48.6 Å². The van der Waals surface area contributed by atoms with Crippen LogP contribution in [0.2, 0.25) is 0 Å². The van der Waals surface area contributed by atoms with Crippen molar-refractivity contribution in [2.75, 3.05) is 7.11 Å².